The van der Waals surface area contributed by atoms with Gasteiger partial charge in [-0.3, -0.25) is 23.6 Å². The van der Waals surface area contributed by atoms with Crippen LogP contribution in [0.3, 0.4) is 0 Å². The molecule has 11 heteroatoms. The lowest BCUT2D eigenvalue weighted by Gasteiger charge is -2.36. The first-order valence-corrected chi connectivity index (χ1v) is 12.6. The third-order valence-electron chi connectivity index (χ3n) is 6.44. The molecule has 0 radical (unpaired) electrons. The Morgan fingerprint density at radius 1 is 1.11 bits per heavy atom. The van der Waals surface area contributed by atoms with E-state index in [-0.39, 0.29) is 25.4 Å². The zero-order valence-corrected chi connectivity index (χ0v) is 22.3. The number of anilines is 2. The topological polar surface area (TPSA) is 98.0 Å². The zero-order chi connectivity index (χ0) is 26.2. The molecule has 0 bridgehead atoms. The largest absolute Gasteiger partial charge is 0.495 e. The summed E-state index contributed by atoms with van der Waals surface area (Å²) in [5.74, 6) is 0.875. The van der Waals surface area contributed by atoms with Crippen molar-refractivity contribution in [2.24, 2.45) is 14.1 Å². The molecule has 1 aliphatic rings. The van der Waals surface area contributed by atoms with Crippen LogP contribution in [0.15, 0.2) is 27.8 Å². The molecular formula is C25H36ClN5O5. The Labute approximate surface area is 216 Å². The molecule has 1 fully saturated rings. The van der Waals surface area contributed by atoms with Crippen LogP contribution in [0.5, 0.6) is 5.75 Å². The average Bonchev–Trinajstić information content (AvgIpc) is 2.88. The van der Waals surface area contributed by atoms with Crippen molar-refractivity contribution in [1.29, 1.82) is 0 Å². The number of carbonyl (C=O) groups excluding carboxylic acids is 1. The van der Waals surface area contributed by atoms with E-state index >= 15 is 0 Å². The molecule has 0 aliphatic carbocycles. The molecule has 1 aromatic carbocycles. The van der Waals surface area contributed by atoms with E-state index in [2.05, 4.69) is 15.1 Å². The fourth-order valence-electron chi connectivity index (χ4n) is 4.46. The van der Waals surface area contributed by atoms with Gasteiger partial charge in [-0.25, -0.2) is 4.79 Å². The summed E-state index contributed by atoms with van der Waals surface area (Å²) in [7, 11) is 4.73. The summed E-state index contributed by atoms with van der Waals surface area (Å²) in [5, 5.41) is 3.92. The molecule has 1 saturated heterocycles. The van der Waals surface area contributed by atoms with E-state index < -0.39 is 11.2 Å². The number of rotatable bonds is 11. The van der Waals surface area contributed by atoms with Crippen molar-refractivity contribution in [2.45, 2.75) is 26.2 Å². The molecule has 2 aromatic rings. The highest BCUT2D eigenvalue weighted by Crippen LogP contribution is 2.31. The Morgan fingerprint density at radius 3 is 2.50 bits per heavy atom. The molecule has 1 aliphatic heterocycles. The van der Waals surface area contributed by atoms with Crippen molar-refractivity contribution in [3.8, 4) is 5.75 Å². The third kappa shape index (κ3) is 6.61. The van der Waals surface area contributed by atoms with Gasteiger partial charge in [0.05, 0.1) is 25.0 Å². The van der Waals surface area contributed by atoms with Crippen LogP contribution in [0.2, 0.25) is 5.02 Å². The molecule has 1 N–H and O–H groups in total. The van der Waals surface area contributed by atoms with Gasteiger partial charge in [0.2, 0.25) is 0 Å². The van der Waals surface area contributed by atoms with Crippen LogP contribution in [0.25, 0.3) is 0 Å². The highest BCUT2D eigenvalue weighted by molar-refractivity contribution is 6.30. The Balaban J connectivity index is 1.55. The minimum absolute atomic E-state index is 0.0820. The number of methoxy groups -OCH3 is 1. The molecule has 0 amide bonds. The summed E-state index contributed by atoms with van der Waals surface area (Å²) in [6.45, 7) is 7.11. The summed E-state index contributed by atoms with van der Waals surface area (Å²) < 4.78 is 13.0. The van der Waals surface area contributed by atoms with Crippen molar-refractivity contribution in [2.75, 3.05) is 63.2 Å². The molecule has 198 valence electrons. The minimum Gasteiger partial charge on any atom is -0.495 e. The molecule has 2 heterocycles. The number of esters is 1. The summed E-state index contributed by atoms with van der Waals surface area (Å²) in [6, 6.07) is 5.71. The lowest BCUT2D eigenvalue weighted by molar-refractivity contribution is -0.143. The molecule has 0 spiro atoms. The maximum Gasteiger partial charge on any atom is 0.332 e. The minimum atomic E-state index is -0.406. The molecule has 3 rings (SSSR count). The van der Waals surface area contributed by atoms with E-state index in [1.54, 1.807) is 21.1 Å². The number of piperazine rings is 1. The predicted octanol–water partition coefficient (Wildman–Crippen LogP) is 1.87. The van der Waals surface area contributed by atoms with E-state index in [9.17, 15) is 14.4 Å². The first kappa shape index (κ1) is 27.6. The van der Waals surface area contributed by atoms with Gasteiger partial charge in [-0.05, 0) is 38.4 Å². The van der Waals surface area contributed by atoms with Gasteiger partial charge in [-0.1, -0.05) is 11.6 Å². The van der Waals surface area contributed by atoms with Gasteiger partial charge in [-0.2, -0.15) is 0 Å². The molecule has 0 unspecified atom stereocenters. The second kappa shape index (κ2) is 12.8. The number of hydrogen-bond acceptors (Lipinski definition) is 8. The standard InChI is InChI=1S/C25H36ClN5O5/c1-5-36-22(32)10-8-19-23(28(2)25(34)29(3)24(19)33)27-11-6-12-30-13-15-31(16-14-30)20-9-7-18(26)17-21(20)35-4/h7,9,17,27H,5-6,8,10-16H2,1-4H3. The lowest BCUT2D eigenvalue weighted by Crippen LogP contribution is -2.47. The van der Waals surface area contributed by atoms with Gasteiger partial charge in [0.25, 0.3) is 5.56 Å². The predicted molar refractivity (Wildman–Crippen MR) is 142 cm³/mol. The van der Waals surface area contributed by atoms with Crippen molar-refractivity contribution in [3.63, 3.8) is 0 Å². The second-order valence-electron chi connectivity index (χ2n) is 8.76. The summed E-state index contributed by atoms with van der Waals surface area (Å²) in [4.78, 5) is 41.7. The normalized spacial score (nSPS) is 14.1. The number of carbonyl (C=O) groups is 1. The number of nitrogens with one attached hydrogen (secondary N) is 1. The van der Waals surface area contributed by atoms with Crippen LogP contribution in [0, 0.1) is 0 Å². The number of hydrogen-bond donors (Lipinski definition) is 1. The van der Waals surface area contributed by atoms with Gasteiger partial charge in [0, 0.05) is 64.3 Å². The van der Waals surface area contributed by atoms with Crippen molar-refractivity contribution >= 4 is 29.1 Å². The Kier molecular flexibility index (Phi) is 9.83. The van der Waals surface area contributed by atoms with Crippen molar-refractivity contribution in [1.82, 2.24) is 14.0 Å². The maximum absolute atomic E-state index is 12.8. The average molecular weight is 522 g/mol. The van der Waals surface area contributed by atoms with E-state index in [4.69, 9.17) is 21.1 Å². The smallest absolute Gasteiger partial charge is 0.332 e. The first-order valence-electron chi connectivity index (χ1n) is 12.3. The highest BCUT2D eigenvalue weighted by Gasteiger charge is 2.20. The molecule has 1 aromatic heterocycles. The van der Waals surface area contributed by atoms with Crippen LogP contribution >= 0.6 is 11.6 Å². The van der Waals surface area contributed by atoms with Crippen LogP contribution in [-0.4, -0.2) is 73.0 Å². The number of ether oxygens (including phenoxy) is 2. The fraction of sp³-hybridized carbons (Fsp3) is 0.560. The SMILES string of the molecule is CCOC(=O)CCc1c(NCCCN2CCN(c3ccc(Cl)cc3OC)CC2)n(C)c(=O)n(C)c1=O. The molecular weight excluding hydrogens is 486 g/mol. The first-order chi connectivity index (χ1) is 17.3. The summed E-state index contributed by atoms with van der Waals surface area (Å²) in [5.41, 5.74) is 0.665. The van der Waals surface area contributed by atoms with Crippen LogP contribution < -0.4 is 26.2 Å². The second-order valence-corrected chi connectivity index (χ2v) is 9.20. The molecule has 0 atom stereocenters. The van der Waals surface area contributed by atoms with E-state index in [0.717, 1.165) is 55.1 Å². The van der Waals surface area contributed by atoms with E-state index in [0.29, 0.717) is 22.9 Å². The number of aromatic nitrogens is 2. The fourth-order valence-corrected chi connectivity index (χ4v) is 4.62. The summed E-state index contributed by atoms with van der Waals surface area (Å²) in [6.07, 6.45) is 1.13. The van der Waals surface area contributed by atoms with Crippen LogP contribution in [0.4, 0.5) is 11.5 Å². The molecule has 36 heavy (non-hydrogen) atoms. The van der Waals surface area contributed by atoms with Gasteiger partial charge >= 0.3 is 11.7 Å². The summed E-state index contributed by atoms with van der Waals surface area (Å²) >= 11 is 6.09. The van der Waals surface area contributed by atoms with Gasteiger partial charge in [0.1, 0.15) is 11.6 Å². The zero-order valence-electron chi connectivity index (χ0n) is 21.5. The molecule has 10 nitrogen and oxygen atoms in total. The maximum atomic E-state index is 12.8. The Hall–Kier alpha value is -2.98. The quantitative estimate of drug-likeness (QED) is 0.353. The van der Waals surface area contributed by atoms with Gasteiger partial charge < -0.3 is 19.7 Å². The molecule has 0 saturated carbocycles. The Morgan fingerprint density at radius 2 is 1.83 bits per heavy atom. The van der Waals surface area contributed by atoms with Crippen LogP contribution in [0.1, 0.15) is 25.3 Å². The monoisotopic (exact) mass is 521 g/mol. The highest BCUT2D eigenvalue weighted by atomic mass is 35.5. The third-order valence-corrected chi connectivity index (χ3v) is 6.68. The van der Waals surface area contributed by atoms with E-state index in [1.165, 1.54) is 11.6 Å². The van der Waals surface area contributed by atoms with E-state index in [1.807, 2.05) is 18.2 Å². The van der Waals surface area contributed by atoms with Gasteiger partial charge in [-0.15, -0.1) is 0 Å². The number of nitrogens with zero attached hydrogens (tertiary/aromatic N) is 4. The number of benzene rings is 1. The van der Waals surface area contributed by atoms with Crippen molar-refractivity contribution in [3.05, 3.63) is 49.6 Å². The van der Waals surface area contributed by atoms with Crippen molar-refractivity contribution < 1.29 is 14.3 Å². The van der Waals surface area contributed by atoms with Gasteiger partial charge in [0.15, 0.2) is 0 Å². The number of halogens is 1. The lowest BCUT2D eigenvalue weighted by atomic mass is 10.1. The van der Waals surface area contributed by atoms with Crippen LogP contribution in [-0.2, 0) is 30.0 Å². The Bertz CT molecular complexity index is 1170.